The molecule has 20 heavy (non-hydrogen) atoms. The maximum absolute atomic E-state index is 5.80. The topological polar surface area (TPSA) is 38.5 Å². The van der Waals surface area contributed by atoms with Crippen LogP contribution in [0.5, 0.6) is 11.5 Å². The zero-order valence-corrected chi connectivity index (χ0v) is 11.6. The predicted octanol–water partition coefficient (Wildman–Crippen LogP) is 4.05. The summed E-state index contributed by atoms with van der Waals surface area (Å²) in [5.74, 6) is 1.67. The van der Waals surface area contributed by atoms with Crippen LogP contribution >= 0.6 is 0 Å². The minimum Gasteiger partial charge on any atom is -0.457 e. The van der Waals surface area contributed by atoms with Gasteiger partial charge in [0.25, 0.3) is 0 Å². The number of benzene rings is 2. The molecule has 0 aliphatic carbocycles. The van der Waals surface area contributed by atoms with E-state index in [1.165, 1.54) is 24.9 Å². The first-order chi connectivity index (χ1) is 9.81. The summed E-state index contributed by atoms with van der Waals surface area (Å²) in [5, 5.41) is 0. The van der Waals surface area contributed by atoms with Gasteiger partial charge in [0.15, 0.2) is 0 Å². The quantitative estimate of drug-likeness (QED) is 0.853. The molecule has 2 aromatic carbocycles. The first kappa shape index (κ1) is 12.9. The third kappa shape index (κ3) is 3.05. The summed E-state index contributed by atoms with van der Waals surface area (Å²) in [7, 11) is 0. The highest BCUT2D eigenvalue weighted by Gasteiger charge is 2.10. The molecule has 0 saturated carbocycles. The van der Waals surface area contributed by atoms with E-state index >= 15 is 0 Å². The molecule has 1 saturated heterocycles. The first-order valence-corrected chi connectivity index (χ1v) is 7.20. The molecule has 0 atom stereocenters. The Morgan fingerprint density at radius 3 is 1.90 bits per heavy atom. The molecule has 1 aliphatic heterocycles. The standard InChI is InChI=1S/C17H20N2O/c18-14-4-8-16(9-5-14)20-17-10-6-15(7-11-17)19-12-2-1-3-13-19/h4-11H,1-3,12-13,18H2. The monoisotopic (exact) mass is 268 g/mol. The Morgan fingerprint density at radius 1 is 0.750 bits per heavy atom. The number of anilines is 2. The van der Waals surface area contributed by atoms with Gasteiger partial charge in [-0.3, -0.25) is 0 Å². The molecule has 1 heterocycles. The number of hydrogen-bond donors (Lipinski definition) is 1. The van der Waals surface area contributed by atoms with Crippen molar-refractivity contribution in [3.05, 3.63) is 48.5 Å². The van der Waals surface area contributed by atoms with Crippen molar-refractivity contribution in [2.75, 3.05) is 23.7 Å². The molecule has 1 fully saturated rings. The summed E-state index contributed by atoms with van der Waals surface area (Å²) < 4.78 is 5.80. The predicted molar refractivity (Wildman–Crippen MR) is 83.4 cm³/mol. The second-order valence-corrected chi connectivity index (χ2v) is 5.21. The van der Waals surface area contributed by atoms with Crippen LogP contribution in [-0.2, 0) is 0 Å². The third-order valence-electron chi connectivity index (χ3n) is 3.67. The molecule has 2 N–H and O–H groups in total. The van der Waals surface area contributed by atoms with Crippen LogP contribution in [0.2, 0.25) is 0 Å². The summed E-state index contributed by atoms with van der Waals surface area (Å²) in [6.07, 6.45) is 3.95. The van der Waals surface area contributed by atoms with Gasteiger partial charge in [-0.15, -0.1) is 0 Å². The molecule has 104 valence electrons. The van der Waals surface area contributed by atoms with Crippen molar-refractivity contribution in [1.29, 1.82) is 0 Å². The Labute approximate surface area is 120 Å². The van der Waals surface area contributed by atoms with Crippen LogP contribution in [0.25, 0.3) is 0 Å². The summed E-state index contributed by atoms with van der Waals surface area (Å²) in [6, 6.07) is 15.8. The summed E-state index contributed by atoms with van der Waals surface area (Å²) >= 11 is 0. The van der Waals surface area contributed by atoms with E-state index in [2.05, 4.69) is 17.0 Å². The summed E-state index contributed by atoms with van der Waals surface area (Å²) in [6.45, 7) is 2.33. The number of nitrogens with zero attached hydrogens (tertiary/aromatic N) is 1. The number of ether oxygens (including phenoxy) is 1. The van der Waals surface area contributed by atoms with E-state index in [1.807, 2.05) is 36.4 Å². The van der Waals surface area contributed by atoms with E-state index < -0.39 is 0 Å². The highest BCUT2D eigenvalue weighted by Crippen LogP contribution is 2.26. The van der Waals surface area contributed by atoms with Gasteiger partial charge in [-0.1, -0.05) is 0 Å². The maximum atomic E-state index is 5.80. The Kier molecular flexibility index (Phi) is 3.77. The van der Waals surface area contributed by atoms with E-state index in [-0.39, 0.29) is 0 Å². The first-order valence-electron chi connectivity index (χ1n) is 7.20. The normalized spacial score (nSPS) is 15.1. The zero-order chi connectivity index (χ0) is 13.8. The zero-order valence-electron chi connectivity index (χ0n) is 11.6. The molecule has 1 aliphatic rings. The van der Waals surface area contributed by atoms with Crippen molar-refractivity contribution in [3.8, 4) is 11.5 Å². The number of nitrogen functional groups attached to an aromatic ring is 1. The van der Waals surface area contributed by atoms with Gasteiger partial charge < -0.3 is 15.4 Å². The molecule has 3 rings (SSSR count). The highest BCUT2D eigenvalue weighted by molar-refractivity contribution is 5.50. The average molecular weight is 268 g/mol. The van der Waals surface area contributed by atoms with Crippen LogP contribution in [-0.4, -0.2) is 13.1 Å². The van der Waals surface area contributed by atoms with Crippen LogP contribution in [0.4, 0.5) is 11.4 Å². The van der Waals surface area contributed by atoms with Crippen LogP contribution in [0.15, 0.2) is 48.5 Å². The molecule has 0 aromatic heterocycles. The fraction of sp³-hybridized carbons (Fsp3) is 0.294. The van der Waals surface area contributed by atoms with Crippen LogP contribution in [0.3, 0.4) is 0 Å². The average Bonchev–Trinajstić information content (AvgIpc) is 2.51. The minimum atomic E-state index is 0.748. The Hall–Kier alpha value is -2.16. The molecule has 0 spiro atoms. The van der Waals surface area contributed by atoms with Crippen molar-refractivity contribution < 1.29 is 4.74 Å². The van der Waals surface area contributed by atoms with Gasteiger partial charge in [-0.2, -0.15) is 0 Å². The SMILES string of the molecule is Nc1ccc(Oc2ccc(N3CCCCC3)cc2)cc1. The molecule has 3 nitrogen and oxygen atoms in total. The van der Waals surface area contributed by atoms with Gasteiger partial charge in [-0.05, 0) is 67.8 Å². The lowest BCUT2D eigenvalue weighted by molar-refractivity contribution is 0.482. The van der Waals surface area contributed by atoms with Gasteiger partial charge in [0.2, 0.25) is 0 Å². The maximum Gasteiger partial charge on any atom is 0.127 e. The van der Waals surface area contributed by atoms with E-state index in [1.54, 1.807) is 0 Å². The molecule has 0 radical (unpaired) electrons. The lowest BCUT2D eigenvalue weighted by Gasteiger charge is -2.28. The second-order valence-electron chi connectivity index (χ2n) is 5.21. The smallest absolute Gasteiger partial charge is 0.127 e. The largest absolute Gasteiger partial charge is 0.457 e. The number of hydrogen-bond acceptors (Lipinski definition) is 3. The van der Waals surface area contributed by atoms with E-state index in [9.17, 15) is 0 Å². The van der Waals surface area contributed by atoms with Crippen molar-refractivity contribution in [3.63, 3.8) is 0 Å². The van der Waals surface area contributed by atoms with Crippen LogP contribution in [0, 0.1) is 0 Å². The number of rotatable bonds is 3. The molecule has 0 unspecified atom stereocenters. The molecular formula is C17H20N2O. The van der Waals surface area contributed by atoms with Crippen molar-refractivity contribution in [2.24, 2.45) is 0 Å². The summed E-state index contributed by atoms with van der Waals surface area (Å²) in [4.78, 5) is 2.44. The van der Waals surface area contributed by atoms with Gasteiger partial charge in [0, 0.05) is 24.5 Å². The fourth-order valence-corrected chi connectivity index (χ4v) is 2.55. The summed E-state index contributed by atoms with van der Waals surface area (Å²) in [5.41, 5.74) is 7.70. The molecule has 0 bridgehead atoms. The van der Waals surface area contributed by atoms with Crippen LogP contribution < -0.4 is 15.4 Å². The van der Waals surface area contributed by atoms with Crippen molar-refractivity contribution in [1.82, 2.24) is 0 Å². The highest BCUT2D eigenvalue weighted by atomic mass is 16.5. The molecule has 2 aromatic rings. The molecule has 0 amide bonds. The Bertz CT molecular complexity index is 542. The van der Waals surface area contributed by atoms with Gasteiger partial charge in [0.1, 0.15) is 11.5 Å². The van der Waals surface area contributed by atoms with Crippen molar-refractivity contribution in [2.45, 2.75) is 19.3 Å². The van der Waals surface area contributed by atoms with Gasteiger partial charge >= 0.3 is 0 Å². The van der Waals surface area contributed by atoms with Gasteiger partial charge in [0.05, 0.1) is 0 Å². The number of nitrogens with two attached hydrogens (primary N) is 1. The minimum absolute atomic E-state index is 0.748. The molecule has 3 heteroatoms. The Morgan fingerprint density at radius 2 is 1.30 bits per heavy atom. The molecular weight excluding hydrogens is 248 g/mol. The van der Waals surface area contributed by atoms with Gasteiger partial charge in [-0.25, -0.2) is 0 Å². The fourth-order valence-electron chi connectivity index (χ4n) is 2.55. The van der Waals surface area contributed by atoms with Crippen molar-refractivity contribution >= 4 is 11.4 Å². The van der Waals surface area contributed by atoms with E-state index in [0.29, 0.717) is 0 Å². The lowest BCUT2D eigenvalue weighted by Crippen LogP contribution is -2.29. The Balaban J connectivity index is 1.67. The van der Waals surface area contributed by atoms with E-state index in [0.717, 1.165) is 30.3 Å². The second kappa shape index (κ2) is 5.87. The van der Waals surface area contributed by atoms with E-state index in [4.69, 9.17) is 10.5 Å². The number of piperidine rings is 1. The van der Waals surface area contributed by atoms with Crippen LogP contribution in [0.1, 0.15) is 19.3 Å². The lowest BCUT2D eigenvalue weighted by atomic mass is 10.1. The third-order valence-corrected chi connectivity index (χ3v) is 3.67.